The predicted octanol–water partition coefficient (Wildman–Crippen LogP) is 1.06. The zero-order valence-electron chi connectivity index (χ0n) is 12.5. The quantitative estimate of drug-likeness (QED) is 0.758. The molecule has 2 atom stereocenters. The van der Waals surface area contributed by atoms with Gasteiger partial charge in [-0.3, -0.25) is 9.69 Å². The Morgan fingerprint density at radius 3 is 2.55 bits per heavy atom. The lowest BCUT2D eigenvalue weighted by Gasteiger charge is -2.26. The van der Waals surface area contributed by atoms with Gasteiger partial charge >= 0.3 is 5.97 Å². The summed E-state index contributed by atoms with van der Waals surface area (Å²) in [6.45, 7) is 2.03. The number of hydrogen-bond donors (Lipinski definition) is 0. The van der Waals surface area contributed by atoms with Gasteiger partial charge in [-0.15, -0.1) is 0 Å². The summed E-state index contributed by atoms with van der Waals surface area (Å²) in [5.41, 5.74) is 1.20. The zero-order chi connectivity index (χ0) is 15.6. The number of carbonyl (C=O) groups is 1. The molecule has 0 radical (unpaired) electrons. The minimum absolute atomic E-state index is 0.0101. The van der Waals surface area contributed by atoms with Crippen LogP contribution in [0.1, 0.15) is 17.9 Å². The van der Waals surface area contributed by atoms with Crippen LogP contribution < -0.4 is 0 Å². The molecule has 0 amide bonds. The number of sulfone groups is 1. The van der Waals surface area contributed by atoms with Gasteiger partial charge in [0, 0.05) is 19.6 Å². The molecule has 0 N–H and O–H groups in total. The summed E-state index contributed by atoms with van der Waals surface area (Å²) in [5.74, 6) is 0.579. The highest BCUT2D eigenvalue weighted by atomic mass is 32.2. The molecule has 0 aromatic heterocycles. The van der Waals surface area contributed by atoms with Crippen molar-refractivity contribution in [3.8, 4) is 0 Å². The predicted molar refractivity (Wildman–Crippen MR) is 83.3 cm³/mol. The third-order valence-electron chi connectivity index (χ3n) is 4.41. The molecule has 3 rings (SSSR count). The van der Waals surface area contributed by atoms with Crippen molar-refractivity contribution in [3.63, 3.8) is 0 Å². The van der Waals surface area contributed by atoms with E-state index < -0.39 is 9.84 Å². The van der Waals surface area contributed by atoms with E-state index in [1.165, 1.54) is 5.56 Å². The minimum Gasteiger partial charge on any atom is -0.464 e. The molecule has 22 heavy (non-hydrogen) atoms. The molecule has 1 saturated heterocycles. The van der Waals surface area contributed by atoms with E-state index in [-0.39, 0.29) is 23.4 Å². The van der Waals surface area contributed by atoms with Gasteiger partial charge in [-0.2, -0.15) is 0 Å². The second-order valence-electron chi connectivity index (χ2n) is 6.02. The molecular weight excluding hydrogens is 302 g/mol. The Bertz CT molecular complexity index is 615. The standard InChI is InChI=1S/C16H21NO4S/c18-16(15-12-14(15)13-4-2-1-3-5-13)21-9-6-17-7-10-22(19,20)11-8-17/h1-5,14-15H,6-12H2. The molecule has 1 heterocycles. The molecule has 1 aliphatic heterocycles. The number of carbonyl (C=O) groups excluding carboxylic acids is 1. The largest absolute Gasteiger partial charge is 0.464 e. The third kappa shape index (κ3) is 3.87. The fraction of sp³-hybridized carbons (Fsp3) is 0.562. The lowest BCUT2D eigenvalue weighted by atomic mass is 10.1. The lowest BCUT2D eigenvalue weighted by molar-refractivity contribution is -0.145. The van der Waals surface area contributed by atoms with Gasteiger partial charge in [-0.25, -0.2) is 8.42 Å². The Hall–Kier alpha value is -1.40. The molecule has 5 nitrogen and oxygen atoms in total. The summed E-state index contributed by atoms with van der Waals surface area (Å²) in [6.07, 6.45) is 0.866. The Labute approximate surface area is 131 Å². The molecule has 1 saturated carbocycles. The molecule has 2 unspecified atom stereocenters. The van der Waals surface area contributed by atoms with E-state index in [2.05, 4.69) is 0 Å². The van der Waals surface area contributed by atoms with Crippen LogP contribution in [0, 0.1) is 5.92 Å². The number of ether oxygens (including phenoxy) is 1. The zero-order valence-corrected chi connectivity index (χ0v) is 13.3. The van der Waals surface area contributed by atoms with Gasteiger partial charge in [-0.1, -0.05) is 30.3 Å². The van der Waals surface area contributed by atoms with Crippen LogP contribution in [0.5, 0.6) is 0 Å². The van der Waals surface area contributed by atoms with Crippen LogP contribution >= 0.6 is 0 Å². The minimum atomic E-state index is -2.85. The first-order valence-corrected chi connectivity index (χ1v) is 9.52. The van der Waals surface area contributed by atoms with Gasteiger partial charge in [0.2, 0.25) is 0 Å². The first kappa shape index (κ1) is 15.5. The maximum atomic E-state index is 12.0. The normalized spacial score (nSPS) is 27.3. The second kappa shape index (κ2) is 6.38. The van der Waals surface area contributed by atoms with Crippen molar-refractivity contribution in [2.24, 2.45) is 5.92 Å². The van der Waals surface area contributed by atoms with E-state index in [0.717, 1.165) is 6.42 Å². The van der Waals surface area contributed by atoms with E-state index in [0.29, 0.717) is 32.2 Å². The molecule has 0 spiro atoms. The molecule has 120 valence electrons. The average Bonchev–Trinajstić information content (AvgIpc) is 3.30. The smallest absolute Gasteiger partial charge is 0.309 e. The summed E-state index contributed by atoms with van der Waals surface area (Å²) in [5, 5.41) is 0. The van der Waals surface area contributed by atoms with Crippen LogP contribution in [0.4, 0.5) is 0 Å². The van der Waals surface area contributed by atoms with E-state index >= 15 is 0 Å². The van der Waals surface area contributed by atoms with Crippen molar-refractivity contribution in [2.75, 3.05) is 37.7 Å². The molecule has 1 aromatic rings. The van der Waals surface area contributed by atoms with Crippen molar-refractivity contribution >= 4 is 15.8 Å². The summed E-state index contributed by atoms with van der Waals surface area (Å²) in [4.78, 5) is 14.0. The van der Waals surface area contributed by atoms with E-state index in [1.807, 2.05) is 35.2 Å². The van der Waals surface area contributed by atoms with Crippen molar-refractivity contribution in [3.05, 3.63) is 35.9 Å². The highest BCUT2D eigenvalue weighted by Gasteiger charge is 2.45. The van der Waals surface area contributed by atoms with Crippen molar-refractivity contribution < 1.29 is 17.9 Å². The number of rotatable bonds is 5. The Morgan fingerprint density at radius 1 is 1.18 bits per heavy atom. The maximum Gasteiger partial charge on any atom is 0.309 e. The van der Waals surface area contributed by atoms with E-state index in [9.17, 15) is 13.2 Å². The SMILES string of the molecule is O=C(OCCN1CCS(=O)(=O)CC1)C1CC1c1ccccc1. The van der Waals surface area contributed by atoms with Crippen molar-refractivity contribution in [2.45, 2.75) is 12.3 Å². The van der Waals surface area contributed by atoms with E-state index in [1.54, 1.807) is 0 Å². The van der Waals surface area contributed by atoms with Gasteiger partial charge in [-0.05, 0) is 17.9 Å². The van der Waals surface area contributed by atoms with Gasteiger partial charge in [0.05, 0.1) is 17.4 Å². The summed E-state index contributed by atoms with van der Waals surface area (Å²) < 4.78 is 28.0. The monoisotopic (exact) mass is 323 g/mol. The molecule has 6 heteroatoms. The van der Waals surface area contributed by atoms with Crippen LogP contribution in [0.3, 0.4) is 0 Å². The first-order chi connectivity index (χ1) is 10.6. The van der Waals surface area contributed by atoms with Gasteiger partial charge in [0.1, 0.15) is 6.61 Å². The van der Waals surface area contributed by atoms with Gasteiger partial charge in [0.25, 0.3) is 0 Å². The van der Waals surface area contributed by atoms with Gasteiger partial charge in [0.15, 0.2) is 9.84 Å². The third-order valence-corrected chi connectivity index (χ3v) is 6.02. The fourth-order valence-corrected chi connectivity index (χ4v) is 4.16. The van der Waals surface area contributed by atoms with Crippen molar-refractivity contribution in [1.82, 2.24) is 4.90 Å². The Balaban J connectivity index is 1.38. The second-order valence-corrected chi connectivity index (χ2v) is 8.32. The van der Waals surface area contributed by atoms with E-state index in [4.69, 9.17) is 4.74 Å². The average molecular weight is 323 g/mol. The molecule has 1 aliphatic carbocycles. The van der Waals surface area contributed by atoms with Crippen molar-refractivity contribution in [1.29, 1.82) is 0 Å². The fourth-order valence-electron chi connectivity index (χ4n) is 2.88. The number of hydrogen-bond acceptors (Lipinski definition) is 5. The molecule has 0 bridgehead atoms. The topological polar surface area (TPSA) is 63.7 Å². The highest BCUT2D eigenvalue weighted by Crippen LogP contribution is 2.47. The molecule has 2 aliphatic rings. The van der Waals surface area contributed by atoms with Crippen LogP contribution in [0.2, 0.25) is 0 Å². The molecule has 2 fully saturated rings. The highest BCUT2D eigenvalue weighted by molar-refractivity contribution is 7.91. The number of nitrogens with zero attached hydrogens (tertiary/aromatic N) is 1. The summed E-state index contributed by atoms with van der Waals surface area (Å²) >= 11 is 0. The molecule has 1 aromatic carbocycles. The van der Waals surface area contributed by atoms with Crippen LogP contribution in [0.15, 0.2) is 30.3 Å². The van der Waals surface area contributed by atoms with Gasteiger partial charge < -0.3 is 4.74 Å². The Morgan fingerprint density at radius 2 is 1.86 bits per heavy atom. The van der Waals surface area contributed by atoms with Crippen LogP contribution in [-0.2, 0) is 19.4 Å². The summed E-state index contributed by atoms with van der Waals surface area (Å²) in [6, 6.07) is 10.0. The summed E-state index contributed by atoms with van der Waals surface area (Å²) in [7, 11) is -2.85. The number of benzene rings is 1. The molecular formula is C16H21NO4S. The maximum absolute atomic E-state index is 12.0. The Kier molecular flexibility index (Phi) is 4.49. The first-order valence-electron chi connectivity index (χ1n) is 7.69. The van der Waals surface area contributed by atoms with Crippen LogP contribution in [0.25, 0.3) is 0 Å². The van der Waals surface area contributed by atoms with Crippen LogP contribution in [-0.4, -0.2) is 57.0 Å². The number of esters is 1. The lowest BCUT2D eigenvalue weighted by Crippen LogP contribution is -2.41.